The van der Waals surface area contributed by atoms with Gasteiger partial charge in [-0.1, -0.05) is 62.2 Å². The van der Waals surface area contributed by atoms with Crippen LogP contribution in [0, 0.1) is 5.41 Å². The predicted molar refractivity (Wildman–Crippen MR) is 142 cm³/mol. The molecule has 0 aromatic heterocycles. The maximum absolute atomic E-state index is 12.8. The molecule has 11 heteroatoms. The largest absolute Gasteiger partial charge is 0.465 e. The van der Waals surface area contributed by atoms with Crippen molar-refractivity contribution < 1.29 is 29.0 Å². The Morgan fingerprint density at radius 2 is 1.81 bits per heavy atom. The van der Waals surface area contributed by atoms with Crippen LogP contribution in [0.5, 0.6) is 0 Å². The van der Waals surface area contributed by atoms with Crippen molar-refractivity contribution in [1.82, 2.24) is 10.2 Å². The molecule has 2 aromatic carbocycles. The highest BCUT2D eigenvalue weighted by Gasteiger charge is 2.40. The van der Waals surface area contributed by atoms with Gasteiger partial charge in [0.25, 0.3) is 0 Å². The Hall–Kier alpha value is -3.01. The van der Waals surface area contributed by atoms with Gasteiger partial charge in [0.1, 0.15) is 0 Å². The molecule has 1 saturated heterocycles. The Labute approximate surface area is 226 Å². The van der Waals surface area contributed by atoms with E-state index in [1.54, 1.807) is 42.5 Å². The van der Waals surface area contributed by atoms with Crippen LogP contribution < -0.4 is 10.6 Å². The fourth-order valence-corrected chi connectivity index (χ4v) is 4.41. The van der Waals surface area contributed by atoms with E-state index in [9.17, 15) is 19.5 Å². The Balaban J connectivity index is 1.87. The second-order valence-corrected chi connectivity index (χ2v) is 10.7. The van der Waals surface area contributed by atoms with Gasteiger partial charge in [0.05, 0.1) is 47.2 Å². The minimum Gasteiger partial charge on any atom is -0.465 e. The lowest BCUT2D eigenvalue weighted by Gasteiger charge is -2.34. The summed E-state index contributed by atoms with van der Waals surface area (Å²) in [7, 11) is 1.26. The maximum Gasteiger partial charge on any atom is 0.407 e. The molecule has 3 amide bonds. The number of amides is 3. The zero-order valence-corrected chi connectivity index (χ0v) is 22.6. The first-order valence-electron chi connectivity index (χ1n) is 11.7. The molecule has 9 nitrogen and oxygen atoms in total. The van der Waals surface area contributed by atoms with Crippen LogP contribution in [0.2, 0.25) is 10.0 Å². The number of esters is 1. The molecule has 0 bridgehead atoms. The number of carboxylic acid groups (broad SMARTS) is 1. The van der Waals surface area contributed by atoms with Gasteiger partial charge in [0, 0.05) is 19.0 Å². The van der Waals surface area contributed by atoms with Crippen LogP contribution in [0.3, 0.4) is 0 Å². The number of anilines is 1. The van der Waals surface area contributed by atoms with Gasteiger partial charge in [-0.25, -0.2) is 14.4 Å². The number of urea groups is 1. The summed E-state index contributed by atoms with van der Waals surface area (Å²) >= 11 is 12.4. The summed E-state index contributed by atoms with van der Waals surface area (Å²) in [6, 6.07) is 11.0. The number of benzene rings is 2. The summed E-state index contributed by atoms with van der Waals surface area (Å²) in [5.74, 6) is -1.02. The third-order valence-electron chi connectivity index (χ3n) is 6.24. The molecule has 3 atom stereocenters. The van der Waals surface area contributed by atoms with Crippen LogP contribution in [0.25, 0.3) is 0 Å². The van der Waals surface area contributed by atoms with Crippen LogP contribution in [0.4, 0.5) is 15.3 Å². The molecular formula is C26H31Cl2N3O6. The zero-order chi connectivity index (χ0) is 27.3. The maximum atomic E-state index is 12.8. The fourth-order valence-electron chi connectivity index (χ4n) is 4.11. The van der Waals surface area contributed by atoms with Crippen molar-refractivity contribution in [3.05, 3.63) is 63.6 Å². The summed E-state index contributed by atoms with van der Waals surface area (Å²) in [5, 5.41) is 16.1. The quantitative estimate of drug-likeness (QED) is 0.423. The fraction of sp³-hybridized carbons (Fsp3) is 0.423. The van der Waals surface area contributed by atoms with Crippen LogP contribution in [0.15, 0.2) is 42.5 Å². The molecule has 1 aliphatic rings. The Kier molecular flexibility index (Phi) is 9.28. The molecule has 200 valence electrons. The van der Waals surface area contributed by atoms with Crippen molar-refractivity contribution in [1.29, 1.82) is 0 Å². The standard InChI is InChI=1S/C26H31Cl2N3O6/c1-26(2,3)22-14-31(25(34)35)13-17(15-9-10-18(27)19(28)11-15)21(37-22)12-29-24(33)30-20-8-6-5-7-16(20)23(32)36-4/h5-11,17,21-22H,12-14H2,1-4H3,(H,34,35)(H2,29,30,33)/t17-,21+,22-/m1/s1. The van der Waals surface area contributed by atoms with Gasteiger partial charge < -0.3 is 30.1 Å². The first-order chi connectivity index (χ1) is 17.4. The molecule has 37 heavy (non-hydrogen) atoms. The summed E-state index contributed by atoms with van der Waals surface area (Å²) in [6.07, 6.45) is -2.09. The lowest BCUT2D eigenvalue weighted by atomic mass is 9.88. The number of hydrogen-bond donors (Lipinski definition) is 3. The van der Waals surface area contributed by atoms with E-state index in [-0.39, 0.29) is 30.6 Å². The number of methoxy groups -OCH3 is 1. The van der Waals surface area contributed by atoms with Crippen molar-refractivity contribution in [2.75, 3.05) is 32.1 Å². The van der Waals surface area contributed by atoms with E-state index in [0.717, 1.165) is 5.56 Å². The molecule has 0 radical (unpaired) electrons. The first kappa shape index (κ1) is 28.6. The average molecular weight is 552 g/mol. The lowest BCUT2D eigenvalue weighted by molar-refractivity contribution is -0.0637. The lowest BCUT2D eigenvalue weighted by Crippen LogP contribution is -2.43. The van der Waals surface area contributed by atoms with Crippen molar-refractivity contribution in [3.63, 3.8) is 0 Å². The Morgan fingerprint density at radius 1 is 1.11 bits per heavy atom. The summed E-state index contributed by atoms with van der Waals surface area (Å²) in [4.78, 5) is 38.3. The third-order valence-corrected chi connectivity index (χ3v) is 6.98. The Bertz CT molecular complexity index is 1150. The highest BCUT2D eigenvalue weighted by atomic mass is 35.5. The van der Waals surface area contributed by atoms with Gasteiger partial charge in [-0.15, -0.1) is 0 Å². The number of rotatable bonds is 5. The van der Waals surface area contributed by atoms with E-state index in [1.165, 1.54) is 12.0 Å². The molecule has 3 N–H and O–H groups in total. The second-order valence-electron chi connectivity index (χ2n) is 9.87. The minimum atomic E-state index is -1.06. The molecule has 0 saturated carbocycles. The molecule has 0 spiro atoms. The molecular weight excluding hydrogens is 521 g/mol. The molecule has 1 heterocycles. The van der Waals surface area contributed by atoms with E-state index in [2.05, 4.69) is 10.6 Å². The highest BCUT2D eigenvalue weighted by Crippen LogP contribution is 2.35. The van der Waals surface area contributed by atoms with Gasteiger partial charge >= 0.3 is 18.1 Å². The smallest absolute Gasteiger partial charge is 0.407 e. The number of carbonyl (C=O) groups is 3. The number of nitrogens with one attached hydrogen (secondary N) is 2. The van der Waals surface area contributed by atoms with E-state index >= 15 is 0 Å². The van der Waals surface area contributed by atoms with Gasteiger partial charge in [0.15, 0.2) is 0 Å². The molecule has 1 fully saturated rings. The van der Waals surface area contributed by atoms with Crippen LogP contribution in [0.1, 0.15) is 42.6 Å². The summed E-state index contributed by atoms with van der Waals surface area (Å²) in [6.45, 7) is 6.29. The van der Waals surface area contributed by atoms with E-state index in [0.29, 0.717) is 15.7 Å². The summed E-state index contributed by atoms with van der Waals surface area (Å²) < 4.78 is 11.3. The number of nitrogens with zero attached hydrogens (tertiary/aromatic N) is 1. The van der Waals surface area contributed by atoms with Gasteiger partial charge in [-0.3, -0.25) is 0 Å². The second kappa shape index (κ2) is 12.0. The molecule has 3 rings (SSSR count). The van der Waals surface area contributed by atoms with Gasteiger partial charge in [0.2, 0.25) is 0 Å². The first-order valence-corrected chi connectivity index (χ1v) is 12.5. The topological polar surface area (TPSA) is 117 Å². The molecule has 1 aliphatic heterocycles. The average Bonchev–Trinajstić information content (AvgIpc) is 3.05. The molecule has 0 unspecified atom stereocenters. The SMILES string of the molecule is COC(=O)c1ccccc1NC(=O)NC[C@@H]1O[C@@H](C(C)(C)C)CN(C(=O)O)C[C@@H]1c1ccc(Cl)c(Cl)c1. The molecule has 2 aromatic rings. The van der Waals surface area contributed by atoms with Gasteiger partial charge in [-0.05, 0) is 35.2 Å². The van der Waals surface area contributed by atoms with Gasteiger partial charge in [-0.2, -0.15) is 0 Å². The minimum absolute atomic E-state index is 0.0666. The van der Waals surface area contributed by atoms with E-state index < -0.39 is 36.2 Å². The Morgan fingerprint density at radius 3 is 2.43 bits per heavy atom. The predicted octanol–water partition coefficient (Wildman–Crippen LogP) is 5.48. The molecule has 0 aliphatic carbocycles. The highest BCUT2D eigenvalue weighted by molar-refractivity contribution is 6.42. The number of ether oxygens (including phenoxy) is 2. The van der Waals surface area contributed by atoms with Crippen LogP contribution >= 0.6 is 23.2 Å². The van der Waals surface area contributed by atoms with Crippen LogP contribution in [-0.2, 0) is 9.47 Å². The number of hydrogen-bond acceptors (Lipinski definition) is 5. The zero-order valence-electron chi connectivity index (χ0n) is 21.1. The third kappa shape index (κ3) is 7.28. The van der Waals surface area contributed by atoms with Crippen molar-refractivity contribution >= 4 is 47.0 Å². The monoisotopic (exact) mass is 551 g/mol. The number of carbonyl (C=O) groups excluding carboxylic acids is 2. The number of halogens is 2. The van der Waals surface area contributed by atoms with E-state index in [1.807, 2.05) is 20.8 Å². The van der Waals surface area contributed by atoms with Crippen molar-refractivity contribution in [2.24, 2.45) is 5.41 Å². The van der Waals surface area contributed by atoms with Crippen LogP contribution in [-0.4, -0.2) is 67.1 Å². The van der Waals surface area contributed by atoms with Crippen molar-refractivity contribution in [3.8, 4) is 0 Å². The normalized spacial score (nSPS) is 20.1. The van der Waals surface area contributed by atoms with E-state index in [4.69, 9.17) is 32.7 Å². The summed E-state index contributed by atoms with van der Waals surface area (Å²) in [5.41, 5.74) is 0.863. The number of para-hydroxylation sites is 1. The van der Waals surface area contributed by atoms with Crippen molar-refractivity contribution in [2.45, 2.75) is 38.9 Å².